The van der Waals surface area contributed by atoms with Crippen molar-refractivity contribution in [2.45, 2.75) is 26.7 Å². The predicted molar refractivity (Wildman–Crippen MR) is 150 cm³/mol. The van der Waals surface area contributed by atoms with E-state index in [4.69, 9.17) is 42.5 Å². The van der Waals surface area contributed by atoms with E-state index < -0.39 is 0 Å². The van der Waals surface area contributed by atoms with Crippen LogP contribution in [-0.4, -0.2) is 66.7 Å². The number of hydrazine groups is 1. The molecule has 0 radical (unpaired) electrons. The number of nitrogens with zero attached hydrogens (tertiary/aromatic N) is 3. The Kier molecular flexibility index (Phi) is 9.85. The number of carbonyl (C=O) groups excluding carboxylic acids is 2. The van der Waals surface area contributed by atoms with Crippen LogP contribution in [0.3, 0.4) is 0 Å². The molecular weight excluding hydrogens is 543 g/mol. The summed E-state index contributed by atoms with van der Waals surface area (Å²) in [6.45, 7) is 5.74. The molecule has 0 bridgehead atoms. The summed E-state index contributed by atoms with van der Waals surface area (Å²) in [5.41, 5.74) is 6.22. The first kappa shape index (κ1) is 28.9. The molecule has 3 aromatic rings. The van der Waals surface area contributed by atoms with Crippen LogP contribution in [-0.2, 0) is 14.3 Å². The van der Waals surface area contributed by atoms with Crippen LogP contribution in [0.4, 0.5) is 0 Å². The molecule has 1 amide bonds. The van der Waals surface area contributed by atoms with E-state index in [9.17, 15) is 9.59 Å². The second-order valence-corrected chi connectivity index (χ2v) is 10.1. The van der Waals surface area contributed by atoms with Crippen LogP contribution in [0.15, 0.2) is 42.5 Å². The van der Waals surface area contributed by atoms with E-state index in [1.165, 1.54) is 0 Å². The van der Waals surface area contributed by atoms with Crippen molar-refractivity contribution in [2.75, 3.05) is 40.0 Å². The molecule has 0 spiro atoms. The molecule has 1 saturated heterocycles. The van der Waals surface area contributed by atoms with Crippen molar-refractivity contribution in [1.29, 1.82) is 0 Å². The zero-order valence-electron chi connectivity index (χ0n) is 22.2. The summed E-state index contributed by atoms with van der Waals surface area (Å²) in [6.07, 6.45) is 1.65. The molecule has 11 heteroatoms. The third-order valence-electron chi connectivity index (χ3n) is 6.59. The van der Waals surface area contributed by atoms with E-state index in [-0.39, 0.29) is 18.5 Å². The highest BCUT2D eigenvalue weighted by molar-refractivity contribution is 6.35. The summed E-state index contributed by atoms with van der Waals surface area (Å²) in [6, 6.07) is 12.7. The molecule has 9 nitrogen and oxygen atoms in total. The van der Waals surface area contributed by atoms with Crippen LogP contribution in [0.1, 0.15) is 35.8 Å². The average molecular weight is 575 g/mol. The first-order valence-electron chi connectivity index (χ1n) is 12.8. The maximum absolute atomic E-state index is 13.4. The first-order valence-corrected chi connectivity index (χ1v) is 13.5. The normalized spacial score (nSPS) is 14.3. The highest BCUT2D eigenvalue weighted by Gasteiger charge is 2.26. The van der Waals surface area contributed by atoms with E-state index in [2.05, 4.69) is 5.43 Å². The average Bonchev–Trinajstić information content (AvgIpc) is 3.26. The lowest BCUT2D eigenvalue weighted by Crippen LogP contribution is -2.47. The van der Waals surface area contributed by atoms with Gasteiger partial charge in [-0.15, -0.1) is 0 Å². The number of hydrogen-bond acceptors (Lipinski definition) is 7. The van der Waals surface area contributed by atoms with E-state index in [1.807, 2.05) is 36.2 Å². The molecule has 1 aromatic heterocycles. The molecule has 208 valence electrons. The molecule has 0 atom stereocenters. The molecule has 1 N–H and O–H groups in total. The number of halogens is 2. The Morgan fingerprint density at radius 2 is 1.82 bits per heavy atom. The number of hydrogen-bond donors (Lipinski definition) is 1. The zero-order valence-corrected chi connectivity index (χ0v) is 23.7. The summed E-state index contributed by atoms with van der Waals surface area (Å²) in [4.78, 5) is 24.9. The van der Waals surface area contributed by atoms with Gasteiger partial charge in [-0.3, -0.25) is 10.2 Å². The van der Waals surface area contributed by atoms with Crippen molar-refractivity contribution < 1.29 is 23.8 Å². The van der Waals surface area contributed by atoms with Gasteiger partial charge in [0, 0.05) is 29.2 Å². The van der Waals surface area contributed by atoms with E-state index in [0.29, 0.717) is 59.2 Å². The number of nitrogens with one attached hydrogen (secondary N) is 1. The lowest BCUT2D eigenvalue weighted by molar-refractivity contribution is -0.149. The summed E-state index contributed by atoms with van der Waals surface area (Å²) < 4.78 is 17.4. The number of methoxy groups -OCH3 is 1. The van der Waals surface area contributed by atoms with Gasteiger partial charge < -0.3 is 14.2 Å². The molecule has 2 aromatic carbocycles. The number of esters is 1. The standard InChI is InChI=1S/C28H32Cl2N4O5/c1-4-39-25(35)17-38-16-19-11-13-33(14-12-19)32-28(36)26-18(2)27(20-5-8-22(37-3)9-6-20)34(31-26)24-10-7-21(29)15-23(24)30/h5-10,15,19H,4,11-14,16-17H2,1-3H3,(H,32,36). The number of piperidine rings is 1. The quantitative estimate of drug-likeness (QED) is 0.336. The minimum absolute atomic E-state index is 0.0408. The Hall–Kier alpha value is -3.11. The Bertz CT molecular complexity index is 1300. The second-order valence-electron chi connectivity index (χ2n) is 9.25. The van der Waals surface area contributed by atoms with E-state index in [0.717, 1.165) is 29.8 Å². The molecule has 39 heavy (non-hydrogen) atoms. The highest BCUT2D eigenvalue weighted by atomic mass is 35.5. The van der Waals surface area contributed by atoms with Crippen molar-refractivity contribution in [3.63, 3.8) is 0 Å². The number of ether oxygens (including phenoxy) is 3. The molecule has 1 fully saturated rings. The minimum atomic E-state index is -0.356. The molecule has 0 aliphatic carbocycles. The lowest BCUT2D eigenvalue weighted by atomic mass is 9.99. The molecule has 1 aliphatic rings. The minimum Gasteiger partial charge on any atom is -0.497 e. The fraction of sp³-hybridized carbons (Fsp3) is 0.393. The van der Waals surface area contributed by atoms with Gasteiger partial charge in [0.25, 0.3) is 5.91 Å². The Morgan fingerprint density at radius 3 is 2.46 bits per heavy atom. The number of rotatable bonds is 10. The summed E-state index contributed by atoms with van der Waals surface area (Å²) in [5.74, 6) is 0.371. The van der Waals surface area contributed by atoms with Gasteiger partial charge in [0.15, 0.2) is 5.69 Å². The third kappa shape index (κ3) is 7.10. The molecular formula is C28H32Cl2N4O5. The van der Waals surface area contributed by atoms with Gasteiger partial charge in [0.1, 0.15) is 12.4 Å². The van der Waals surface area contributed by atoms with Crippen molar-refractivity contribution >= 4 is 35.1 Å². The smallest absolute Gasteiger partial charge is 0.332 e. The lowest BCUT2D eigenvalue weighted by Gasteiger charge is -2.31. The largest absolute Gasteiger partial charge is 0.497 e. The highest BCUT2D eigenvalue weighted by Crippen LogP contribution is 2.33. The van der Waals surface area contributed by atoms with Gasteiger partial charge in [-0.05, 0) is 75.1 Å². The van der Waals surface area contributed by atoms with Crippen LogP contribution in [0, 0.1) is 12.8 Å². The fourth-order valence-corrected chi connectivity index (χ4v) is 5.03. The fourth-order valence-electron chi connectivity index (χ4n) is 4.55. The van der Waals surface area contributed by atoms with Crippen LogP contribution >= 0.6 is 23.2 Å². The van der Waals surface area contributed by atoms with Crippen molar-refractivity contribution in [3.8, 4) is 22.7 Å². The van der Waals surface area contributed by atoms with Crippen LogP contribution < -0.4 is 10.2 Å². The number of benzene rings is 2. The maximum atomic E-state index is 13.4. The molecule has 4 rings (SSSR count). The first-order chi connectivity index (χ1) is 18.8. The Labute approximate surface area is 237 Å². The molecule has 0 unspecified atom stereocenters. The Morgan fingerprint density at radius 1 is 1.10 bits per heavy atom. The zero-order chi connectivity index (χ0) is 27.9. The topological polar surface area (TPSA) is 94.9 Å². The molecule has 1 aliphatic heterocycles. The summed E-state index contributed by atoms with van der Waals surface area (Å²) >= 11 is 12.7. The van der Waals surface area contributed by atoms with Crippen LogP contribution in [0.2, 0.25) is 10.0 Å². The van der Waals surface area contributed by atoms with Gasteiger partial charge in [-0.25, -0.2) is 14.5 Å². The van der Waals surface area contributed by atoms with Gasteiger partial charge in [-0.1, -0.05) is 23.2 Å². The molecule has 0 saturated carbocycles. The second kappa shape index (κ2) is 13.3. The van der Waals surface area contributed by atoms with Crippen LogP contribution in [0.5, 0.6) is 5.75 Å². The van der Waals surface area contributed by atoms with Gasteiger partial charge in [-0.2, -0.15) is 5.10 Å². The molecule has 2 heterocycles. The Balaban J connectivity index is 1.49. The number of amides is 1. The predicted octanol–water partition coefficient (Wildman–Crippen LogP) is 5.10. The number of aromatic nitrogens is 2. The van der Waals surface area contributed by atoms with E-state index >= 15 is 0 Å². The third-order valence-corrected chi connectivity index (χ3v) is 7.13. The number of carbonyl (C=O) groups is 2. The maximum Gasteiger partial charge on any atom is 0.332 e. The summed E-state index contributed by atoms with van der Waals surface area (Å²) in [7, 11) is 1.61. The van der Waals surface area contributed by atoms with Crippen molar-refractivity contribution in [1.82, 2.24) is 20.2 Å². The monoisotopic (exact) mass is 574 g/mol. The van der Waals surface area contributed by atoms with Gasteiger partial charge in [0.2, 0.25) is 0 Å². The summed E-state index contributed by atoms with van der Waals surface area (Å²) in [5, 5.41) is 7.51. The van der Waals surface area contributed by atoms with Crippen molar-refractivity contribution in [2.24, 2.45) is 5.92 Å². The SMILES string of the molecule is CCOC(=O)COCC1CCN(NC(=O)c2nn(-c3ccc(Cl)cc3Cl)c(-c3ccc(OC)cc3)c2C)CC1. The van der Waals surface area contributed by atoms with Crippen molar-refractivity contribution in [3.05, 3.63) is 63.8 Å². The van der Waals surface area contributed by atoms with E-state index in [1.54, 1.807) is 36.9 Å². The van der Waals surface area contributed by atoms with Gasteiger partial charge >= 0.3 is 5.97 Å². The van der Waals surface area contributed by atoms with Crippen LogP contribution in [0.25, 0.3) is 16.9 Å². The van der Waals surface area contributed by atoms with Gasteiger partial charge in [0.05, 0.1) is 36.7 Å².